The van der Waals surface area contributed by atoms with Gasteiger partial charge in [-0.3, -0.25) is 0 Å². The predicted molar refractivity (Wildman–Crippen MR) is 136 cm³/mol. The molecule has 3 aromatic heterocycles. The van der Waals surface area contributed by atoms with Crippen LogP contribution in [-0.4, -0.2) is 30.6 Å². The second kappa shape index (κ2) is 9.29. The van der Waals surface area contributed by atoms with Gasteiger partial charge in [-0.15, -0.1) is 0 Å². The lowest BCUT2D eigenvalue weighted by Gasteiger charge is -2.24. The van der Waals surface area contributed by atoms with Crippen molar-refractivity contribution in [3.05, 3.63) is 83.2 Å². The summed E-state index contributed by atoms with van der Waals surface area (Å²) in [6.07, 6.45) is 7.97. The molecule has 36 heavy (non-hydrogen) atoms. The number of nitrogens with one attached hydrogen (secondary N) is 2. The van der Waals surface area contributed by atoms with E-state index in [1.54, 1.807) is 23.7 Å². The zero-order valence-corrected chi connectivity index (χ0v) is 20.4. The third-order valence-electron chi connectivity index (χ3n) is 6.62. The van der Waals surface area contributed by atoms with Gasteiger partial charge in [0.25, 0.3) is 0 Å². The minimum Gasteiger partial charge on any atom is -0.356 e. The molecular weight excluding hydrogens is 465 g/mol. The fourth-order valence-corrected chi connectivity index (χ4v) is 4.76. The Morgan fingerprint density at radius 3 is 2.81 bits per heavy atom. The van der Waals surface area contributed by atoms with Gasteiger partial charge >= 0.3 is 0 Å². The average Bonchev–Trinajstić information content (AvgIpc) is 3.44. The number of aryl methyl sites for hydroxylation is 1. The second-order valence-electron chi connectivity index (χ2n) is 9.31. The van der Waals surface area contributed by atoms with E-state index in [4.69, 9.17) is 9.97 Å². The summed E-state index contributed by atoms with van der Waals surface area (Å²) >= 11 is 0. The van der Waals surface area contributed by atoms with Gasteiger partial charge in [-0.1, -0.05) is 26.5 Å². The summed E-state index contributed by atoms with van der Waals surface area (Å²) in [5.74, 6) is -0.685. The van der Waals surface area contributed by atoms with Crippen LogP contribution in [0.2, 0.25) is 0 Å². The van der Waals surface area contributed by atoms with Crippen LogP contribution >= 0.6 is 0 Å². The molecule has 1 unspecified atom stereocenters. The van der Waals surface area contributed by atoms with E-state index in [1.165, 1.54) is 12.1 Å². The lowest BCUT2D eigenvalue weighted by molar-refractivity contribution is 0.591. The Labute approximate surface area is 206 Å². The van der Waals surface area contributed by atoms with Crippen molar-refractivity contribution in [2.45, 2.75) is 52.0 Å². The summed E-state index contributed by atoms with van der Waals surface area (Å²) in [7, 11) is 0. The summed E-state index contributed by atoms with van der Waals surface area (Å²) in [4.78, 5) is 12.5. The summed E-state index contributed by atoms with van der Waals surface area (Å²) < 4.78 is 44.0. The van der Waals surface area contributed by atoms with Crippen LogP contribution < -0.4 is 5.32 Å². The number of H-pyrrole nitrogens is 1. The van der Waals surface area contributed by atoms with E-state index >= 15 is 0 Å². The van der Waals surface area contributed by atoms with Gasteiger partial charge in [-0.25, -0.2) is 18.2 Å². The number of hydrogen-bond donors (Lipinski definition) is 2. The number of hydrogen-bond acceptors (Lipinski definition) is 4. The second-order valence-corrected chi connectivity index (χ2v) is 9.31. The van der Waals surface area contributed by atoms with Gasteiger partial charge in [0.05, 0.1) is 11.7 Å². The number of aromatic amines is 1. The van der Waals surface area contributed by atoms with Crippen molar-refractivity contribution < 1.29 is 13.2 Å². The molecule has 4 aromatic rings. The van der Waals surface area contributed by atoms with E-state index in [0.717, 1.165) is 35.4 Å². The Balaban J connectivity index is 1.56. The van der Waals surface area contributed by atoms with Gasteiger partial charge in [0, 0.05) is 34.3 Å². The Morgan fingerprint density at radius 2 is 2.08 bits per heavy atom. The minimum absolute atomic E-state index is 0.0602. The number of anilines is 1. The van der Waals surface area contributed by atoms with E-state index in [9.17, 15) is 13.2 Å². The summed E-state index contributed by atoms with van der Waals surface area (Å²) in [6, 6.07) is 2.21. The quantitative estimate of drug-likeness (QED) is 0.305. The Bertz CT molecular complexity index is 1540. The van der Waals surface area contributed by atoms with Gasteiger partial charge in [0.2, 0.25) is 5.95 Å². The first-order chi connectivity index (χ1) is 17.3. The first-order valence-electron chi connectivity index (χ1n) is 12.0. The average molecular weight is 493 g/mol. The Kier molecular flexibility index (Phi) is 6.15. The lowest BCUT2D eigenvalue weighted by atomic mass is 9.91. The Hall–Kier alpha value is -3.88. The molecule has 1 aliphatic rings. The highest BCUT2D eigenvalue weighted by atomic mass is 19.1. The number of rotatable bonds is 6. The first-order valence-corrected chi connectivity index (χ1v) is 12.0. The van der Waals surface area contributed by atoms with Gasteiger partial charge in [-0.2, -0.15) is 14.6 Å². The van der Waals surface area contributed by atoms with Crippen molar-refractivity contribution in [1.82, 2.24) is 24.6 Å². The number of fused-ring (bicyclic) bond motifs is 4. The molecule has 6 nitrogen and oxygen atoms in total. The fraction of sp³-hybridized carbons (Fsp3) is 0.296. The molecule has 186 valence electrons. The van der Waals surface area contributed by atoms with Crippen LogP contribution in [0.25, 0.3) is 22.1 Å². The van der Waals surface area contributed by atoms with Crippen molar-refractivity contribution in [2.24, 2.45) is 0 Å². The molecule has 9 heteroatoms. The van der Waals surface area contributed by atoms with Gasteiger partial charge in [-0.05, 0) is 55.9 Å². The number of allylic oxidation sites excluding steroid dienone is 5. The minimum atomic E-state index is -0.601. The topological polar surface area (TPSA) is 70.9 Å². The molecular formula is C27H27F3N6. The maximum Gasteiger partial charge on any atom is 0.228 e. The lowest BCUT2D eigenvalue weighted by Crippen LogP contribution is -2.29. The Morgan fingerprint density at radius 1 is 1.28 bits per heavy atom. The monoisotopic (exact) mass is 492 g/mol. The smallest absolute Gasteiger partial charge is 0.228 e. The molecule has 1 aliphatic carbocycles. The van der Waals surface area contributed by atoms with Gasteiger partial charge < -0.3 is 10.3 Å². The fourth-order valence-electron chi connectivity index (χ4n) is 4.76. The van der Waals surface area contributed by atoms with Crippen LogP contribution in [0.3, 0.4) is 0 Å². The van der Waals surface area contributed by atoms with Crippen molar-refractivity contribution >= 4 is 28.1 Å². The highest BCUT2D eigenvalue weighted by Gasteiger charge is 2.26. The number of benzene rings is 1. The molecule has 2 N–H and O–H groups in total. The number of halogens is 3. The molecule has 0 aliphatic heterocycles. The largest absolute Gasteiger partial charge is 0.356 e. The SMILES string of the molecule is C=C/C(F)=C\C(=C/C)c1nc(NC2CCc3[nH]c4c(F)cc(F)cc4c3C2)n2ncc(C(C)C)c2n1. The van der Waals surface area contributed by atoms with Crippen molar-refractivity contribution in [2.75, 3.05) is 5.32 Å². The highest BCUT2D eigenvalue weighted by molar-refractivity contribution is 5.85. The van der Waals surface area contributed by atoms with Gasteiger partial charge in [0.1, 0.15) is 17.5 Å². The molecule has 0 amide bonds. The van der Waals surface area contributed by atoms with Crippen LogP contribution in [0, 0.1) is 11.6 Å². The molecule has 3 heterocycles. The molecule has 0 saturated heterocycles. The normalized spacial score (nSPS) is 16.7. The van der Waals surface area contributed by atoms with Crippen LogP contribution in [0.5, 0.6) is 0 Å². The van der Waals surface area contributed by atoms with Crippen LogP contribution in [-0.2, 0) is 12.8 Å². The van der Waals surface area contributed by atoms with Gasteiger partial charge in [0.15, 0.2) is 11.5 Å². The molecule has 0 fully saturated rings. The zero-order chi connectivity index (χ0) is 25.6. The van der Waals surface area contributed by atoms with E-state index in [2.05, 4.69) is 35.8 Å². The van der Waals surface area contributed by atoms with E-state index < -0.39 is 17.5 Å². The molecule has 1 aromatic carbocycles. The number of nitrogens with zero attached hydrogens (tertiary/aromatic N) is 4. The summed E-state index contributed by atoms with van der Waals surface area (Å²) in [5, 5.41) is 8.55. The molecule has 0 saturated carbocycles. The van der Waals surface area contributed by atoms with E-state index in [1.807, 2.05) is 0 Å². The summed E-state index contributed by atoms with van der Waals surface area (Å²) in [5.41, 5.74) is 4.24. The summed E-state index contributed by atoms with van der Waals surface area (Å²) in [6.45, 7) is 9.37. The highest BCUT2D eigenvalue weighted by Crippen LogP contribution is 2.32. The van der Waals surface area contributed by atoms with Crippen molar-refractivity contribution in [3.8, 4) is 0 Å². The third-order valence-corrected chi connectivity index (χ3v) is 6.62. The van der Waals surface area contributed by atoms with Crippen molar-refractivity contribution in [3.63, 3.8) is 0 Å². The zero-order valence-electron chi connectivity index (χ0n) is 20.4. The molecule has 5 rings (SSSR count). The van der Waals surface area contributed by atoms with Crippen LogP contribution in [0.15, 0.2) is 49.0 Å². The number of aromatic nitrogens is 5. The molecule has 0 bridgehead atoms. The maximum absolute atomic E-state index is 14.3. The van der Waals surface area contributed by atoms with E-state index in [-0.39, 0.29) is 12.0 Å². The molecule has 0 spiro atoms. The van der Waals surface area contributed by atoms with E-state index in [0.29, 0.717) is 46.7 Å². The molecule has 1 atom stereocenters. The first kappa shape index (κ1) is 23.8. The van der Waals surface area contributed by atoms with Crippen LogP contribution in [0.4, 0.5) is 19.1 Å². The predicted octanol–water partition coefficient (Wildman–Crippen LogP) is 6.42. The third kappa shape index (κ3) is 4.19. The molecule has 0 radical (unpaired) electrons. The standard InChI is InChI=1S/C27H27F3N6/c1-5-15(9-16(28)6-2)25-34-26-21(14(3)4)13-31-36(26)27(35-25)32-18-7-8-23-19(12-18)20-10-17(29)11-22(30)24(20)33-23/h5-6,9-11,13-14,18,33H,2,7-8,12H2,1,3-4H3,(H,32,34,35)/b15-5+,16-9+. The maximum atomic E-state index is 14.3. The van der Waals surface area contributed by atoms with Crippen molar-refractivity contribution in [1.29, 1.82) is 0 Å². The van der Waals surface area contributed by atoms with Crippen LogP contribution in [0.1, 0.15) is 55.8 Å².